The minimum absolute atomic E-state index is 0.0305. The molecule has 1 amide bonds. The third-order valence-electron chi connectivity index (χ3n) is 7.06. The first-order valence-electron chi connectivity index (χ1n) is 12.5. The molecule has 0 aliphatic carbocycles. The van der Waals surface area contributed by atoms with Gasteiger partial charge in [-0.1, -0.05) is 45.0 Å². The van der Waals surface area contributed by atoms with E-state index >= 15 is 0 Å². The number of benzene rings is 2. The number of ketones is 1. The van der Waals surface area contributed by atoms with Crippen molar-refractivity contribution in [1.82, 2.24) is 9.80 Å². The maximum absolute atomic E-state index is 13.3. The molecule has 0 bridgehead atoms. The highest BCUT2D eigenvalue weighted by atomic mass is 16.5. The van der Waals surface area contributed by atoms with Crippen molar-refractivity contribution in [2.75, 3.05) is 46.5 Å². The number of hydrogen-bond acceptors (Lipinski definition) is 6. The van der Waals surface area contributed by atoms with E-state index in [9.17, 15) is 14.7 Å². The molecule has 0 aromatic heterocycles. The van der Waals surface area contributed by atoms with Crippen molar-refractivity contribution in [1.29, 1.82) is 0 Å². The zero-order chi connectivity index (χ0) is 26.0. The number of morpholine rings is 1. The molecule has 1 N–H and O–H groups in total. The predicted octanol–water partition coefficient (Wildman–Crippen LogP) is 4.06. The molecule has 2 aliphatic rings. The molecule has 1 atom stereocenters. The van der Waals surface area contributed by atoms with Gasteiger partial charge in [-0.05, 0) is 47.2 Å². The van der Waals surface area contributed by atoms with Gasteiger partial charge in [0.25, 0.3) is 11.7 Å². The number of nitrogens with zero attached hydrogens (tertiary/aromatic N) is 2. The molecule has 2 aliphatic heterocycles. The highest BCUT2D eigenvalue weighted by molar-refractivity contribution is 6.46. The van der Waals surface area contributed by atoms with Gasteiger partial charge in [0.1, 0.15) is 11.5 Å². The van der Waals surface area contributed by atoms with Gasteiger partial charge < -0.3 is 19.5 Å². The van der Waals surface area contributed by atoms with E-state index in [-0.39, 0.29) is 16.7 Å². The van der Waals surface area contributed by atoms with Crippen LogP contribution in [-0.4, -0.2) is 73.1 Å². The lowest BCUT2D eigenvalue weighted by Gasteiger charge is -2.31. The van der Waals surface area contributed by atoms with Crippen LogP contribution in [0.2, 0.25) is 0 Å². The van der Waals surface area contributed by atoms with Crippen molar-refractivity contribution in [3.8, 4) is 5.75 Å². The fraction of sp³-hybridized carbons (Fsp3) is 0.448. The molecule has 2 aromatic rings. The summed E-state index contributed by atoms with van der Waals surface area (Å²) < 4.78 is 10.8. The molecule has 36 heavy (non-hydrogen) atoms. The second kappa shape index (κ2) is 10.4. The molecular weight excluding hydrogens is 456 g/mol. The van der Waals surface area contributed by atoms with Gasteiger partial charge in [-0.25, -0.2) is 0 Å². The summed E-state index contributed by atoms with van der Waals surface area (Å²) >= 11 is 0. The molecule has 0 unspecified atom stereocenters. The monoisotopic (exact) mass is 492 g/mol. The summed E-state index contributed by atoms with van der Waals surface area (Å²) in [6.45, 7) is 12.2. The van der Waals surface area contributed by atoms with E-state index in [1.54, 1.807) is 30.2 Å². The Bertz CT molecular complexity index is 1160. The normalized spacial score (nSPS) is 20.7. The van der Waals surface area contributed by atoms with E-state index < -0.39 is 17.7 Å². The van der Waals surface area contributed by atoms with Crippen molar-refractivity contribution in [2.45, 2.75) is 39.2 Å². The topological polar surface area (TPSA) is 79.3 Å². The molecule has 2 saturated heterocycles. The van der Waals surface area contributed by atoms with Gasteiger partial charge in [0.15, 0.2) is 0 Å². The lowest BCUT2D eigenvalue weighted by molar-refractivity contribution is -0.140. The molecule has 0 spiro atoms. The number of hydrogen-bond donors (Lipinski definition) is 1. The first-order valence-corrected chi connectivity index (χ1v) is 12.5. The second-order valence-electron chi connectivity index (χ2n) is 10.5. The average molecular weight is 493 g/mol. The standard InChI is InChI=1S/C29H36N2O5/c1-19-18-21(8-11-23(19)35-5)26(32)24-25(20-6-9-22(10-7-20)29(2,3)4)31(28(34)27(24)33)13-12-30-14-16-36-17-15-30/h6-11,18,25,32H,12-17H2,1-5H3/b26-24+/t25-/m0/s1. The number of aryl methyl sites for hydroxylation is 1. The molecule has 7 heteroatoms. The van der Waals surface area contributed by atoms with Gasteiger partial charge >= 0.3 is 0 Å². The predicted molar refractivity (Wildman–Crippen MR) is 139 cm³/mol. The Kier molecular flexibility index (Phi) is 7.52. The minimum atomic E-state index is -0.664. The van der Waals surface area contributed by atoms with E-state index in [0.29, 0.717) is 37.6 Å². The van der Waals surface area contributed by atoms with Gasteiger partial charge in [-0.15, -0.1) is 0 Å². The van der Waals surface area contributed by atoms with Gasteiger partial charge in [0.2, 0.25) is 0 Å². The molecule has 2 heterocycles. The second-order valence-corrected chi connectivity index (χ2v) is 10.5. The summed E-state index contributed by atoms with van der Waals surface area (Å²) in [4.78, 5) is 30.4. The van der Waals surface area contributed by atoms with E-state index in [2.05, 4.69) is 25.7 Å². The van der Waals surface area contributed by atoms with E-state index in [1.165, 1.54) is 0 Å². The quantitative estimate of drug-likeness (QED) is 0.372. The van der Waals surface area contributed by atoms with Crippen LogP contribution in [0, 0.1) is 6.92 Å². The number of methoxy groups -OCH3 is 1. The SMILES string of the molecule is COc1ccc(/C(O)=C2\C(=O)C(=O)N(CCN3CCOCC3)[C@H]2c2ccc(C(C)(C)C)cc2)cc1C. The Morgan fingerprint density at radius 2 is 1.72 bits per heavy atom. The van der Waals surface area contributed by atoms with Gasteiger partial charge in [0.05, 0.1) is 31.9 Å². The third kappa shape index (κ3) is 5.18. The number of ether oxygens (including phenoxy) is 2. The van der Waals surface area contributed by atoms with Crippen LogP contribution >= 0.6 is 0 Å². The summed E-state index contributed by atoms with van der Waals surface area (Å²) in [5, 5.41) is 11.4. The molecule has 192 valence electrons. The van der Waals surface area contributed by atoms with Crippen molar-refractivity contribution >= 4 is 17.4 Å². The van der Waals surface area contributed by atoms with E-state index in [0.717, 1.165) is 29.8 Å². The summed E-state index contributed by atoms with van der Waals surface area (Å²) in [7, 11) is 1.59. The van der Waals surface area contributed by atoms with Crippen molar-refractivity contribution in [2.24, 2.45) is 0 Å². The fourth-order valence-corrected chi connectivity index (χ4v) is 4.88. The number of carbonyl (C=O) groups excluding carboxylic acids is 2. The number of Topliss-reactive ketones (excluding diaryl/α,β-unsaturated/α-hetero) is 1. The largest absolute Gasteiger partial charge is 0.507 e. The fourth-order valence-electron chi connectivity index (χ4n) is 4.88. The Hall–Kier alpha value is -3.16. The van der Waals surface area contributed by atoms with Crippen LogP contribution in [0.1, 0.15) is 49.1 Å². The number of aliphatic hydroxyl groups excluding tert-OH is 1. The zero-order valence-electron chi connectivity index (χ0n) is 21.8. The Morgan fingerprint density at radius 3 is 2.31 bits per heavy atom. The molecule has 7 nitrogen and oxygen atoms in total. The third-order valence-corrected chi connectivity index (χ3v) is 7.06. The zero-order valence-corrected chi connectivity index (χ0v) is 21.8. The minimum Gasteiger partial charge on any atom is -0.507 e. The highest BCUT2D eigenvalue weighted by Gasteiger charge is 2.46. The summed E-state index contributed by atoms with van der Waals surface area (Å²) in [5.74, 6) is -0.725. The van der Waals surface area contributed by atoms with Crippen LogP contribution in [-0.2, 0) is 19.7 Å². The Morgan fingerprint density at radius 1 is 1.06 bits per heavy atom. The first kappa shape index (κ1) is 25.9. The van der Waals surface area contributed by atoms with Gasteiger partial charge in [-0.2, -0.15) is 0 Å². The number of carbonyl (C=O) groups is 2. The van der Waals surface area contributed by atoms with Crippen molar-refractivity contribution in [3.05, 3.63) is 70.3 Å². The summed E-state index contributed by atoms with van der Waals surface area (Å²) in [6.07, 6.45) is 0. The lowest BCUT2D eigenvalue weighted by Crippen LogP contribution is -2.42. The molecule has 2 fully saturated rings. The van der Waals surface area contributed by atoms with Gasteiger partial charge in [0, 0.05) is 31.7 Å². The Labute approximate surface area is 213 Å². The number of likely N-dealkylation sites (tertiary alicyclic amines) is 1. The maximum atomic E-state index is 13.3. The molecular formula is C29H36N2O5. The molecule has 0 radical (unpaired) electrons. The Balaban J connectivity index is 1.76. The maximum Gasteiger partial charge on any atom is 0.295 e. The summed E-state index contributed by atoms with van der Waals surface area (Å²) in [6, 6.07) is 12.6. The number of aliphatic hydroxyl groups is 1. The molecule has 2 aromatic carbocycles. The molecule has 0 saturated carbocycles. The van der Waals surface area contributed by atoms with Crippen LogP contribution in [0.15, 0.2) is 48.0 Å². The molecule has 4 rings (SSSR count). The highest BCUT2D eigenvalue weighted by Crippen LogP contribution is 2.40. The van der Waals surface area contributed by atoms with Crippen LogP contribution in [0.5, 0.6) is 5.75 Å². The van der Waals surface area contributed by atoms with Crippen molar-refractivity contribution in [3.63, 3.8) is 0 Å². The van der Waals surface area contributed by atoms with Crippen molar-refractivity contribution < 1.29 is 24.2 Å². The van der Waals surface area contributed by atoms with Crippen LogP contribution in [0.25, 0.3) is 5.76 Å². The first-order chi connectivity index (χ1) is 17.1. The van der Waals surface area contributed by atoms with Gasteiger partial charge in [-0.3, -0.25) is 14.5 Å². The smallest absolute Gasteiger partial charge is 0.295 e. The average Bonchev–Trinajstić information content (AvgIpc) is 3.12. The lowest BCUT2D eigenvalue weighted by atomic mass is 9.85. The van der Waals surface area contributed by atoms with Crippen LogP contribution < -0.4 is 4.74 Å². The van der Waals surface area contributed by atoms with E-state index in [1.807, 2.05) is 31.2 Å². The van der Waals surface area contributed by atoms with E-state index in [4.69, 9.17) is 9.47 Å². The van der Waals surface area contributed by atoms with Crippen LogP contribution in [0.4, 0.5) is 0 Å². The number of rotatable bonds is 6. The summed E-state index contributed by atoms with van der Waals surface area (Å²) in [5.41, 5.74) is 3.36. The number of amides is 1. The van der Waals surface area contributed by atoms with Crippen LogP contribution in [0.3, 0.4) is 0 Å².